The van der Waals surface area contributed by atoms with Crippen LogP contribution in [-0.4, -0.2) is 72.6 Å². The third kappa shape index (κ3) is 4.28. The van der Waals surface area contributed by atoms with Crippen LogP contribution in [0.15, 0.2) is 12.4 Å². The Morgan fingerprint density at radius 2 is 2.41 bits per heavy atom. The lowest BCUT2D eigenvalue weighted by atomic mass is 10.2. The fourth-order valence-corrected chi connectivity index (χ4v) is 2.18. The Morgan fingerprint density at radius 3 is 3.09 bits per heavy atom. The molecule has 1 aromatic rings. The van der Waals surface area contributed by atoms with E-state index in [1.165, 1.54) is 6.20 Å². The number of carbonyl (C=O) groups is 2. The van der Waals surface area contributed by atoms with Crippen molar-refractivity contribution < 1.29 is 19.1 Å². The van der Waals surface area contributed by atoms with E-state index >= 15 is 0 Å². The van der Waals surface area contributed by atoms with Gasteiger partial charge in [0.05, 0.1) is 24.5 Å². The largest absolute Gasteiger partial charge is 0.383 e. The van der Waals surface area contributed by atoms with Gasteiger partial charge in [0.15, 0.2) is 0 Å². The summed E-state index contributed by atoms with van der Waals surface area (Å²) in [5, 5.41) is 6.88. The number of rotatable bonds is 7. The number of ether oxygens (including phenoxy) is 2. The molecule has 8 nitrogen and oxygen atoms in total. The van der Waals surface area contributed by atoms with Crippen LogP contribution < -0.4 is 5.32 Å². The monoisotopic (exact) mass is 310 g/mol. The van der Waals surface area contributed by atoms with Crippen molar-refractivity contribution in [1.29, 1.82) is 0 Å². The summed E-state index contributed by atoms with van der Waals surface area (Å²) in [4.78, 5) is 25.4. The van der Waals surface area contributed by atoms with Crippen LogP contribution in [0.4, 0.5) is 0 Å². The maximum atomic E-state index is 12.0. The molecule has 8 heteroatoms. The van der Waals surface area contributed by atoms with Crippen LogP contribution >= 0.6 is 0 Å². The number of amides is 2. The van der Waals surface area contributed by atoms with Crippen LogP contribution in [0, 0.1) is 0 Å². The number of carbonyl (C=O) groups excluding carboxylic acids is 2. The summed E-state index contributed by atoms with van der Waals surface area (Å²) in [7, 11) is 1.60. The molecule has 1 N–H and O–H groups in total. The van der Waals surface area contributed by atoms with Crippen LogP contribution in [0.1, 0.15) is 17.3 Å². The molecular weight excluding hydrogens is 288 g/mol. The predicted octanol–water partition coefficient (Wildman–Crippen LogP) is -0.493. The SMILES string of the molecule is CCn1cc(C(=O)NCC2CN(CCOC)C(=O)CO2)cn1. The van der Waals surface area contributed by atoms with E-state index in [4.69, 9.17) is 9.47 Å². The van der Waals surface area contributed by atoms with E-state index in [9.17, 15) is 9.59 Å². The third-order valence-corrected chi connectivity index (χ3v) is 3.49. The van der Waals surface area contributed by atoms with Crippen molar-refractivity contribution in [2.24, 2.45) is 0 Å². The zero-order valence-corrected chi connectivity index (χ0v) is 12.9. The number of morpholine rings is 1. The lowest BCUT2D eigenvalue weighted by molar-refractivity contribution is -0.149. The van der Waals surface area contributed by atoms with Crippen molar-refractivity contribution in [3.63, 3.8) is 0 Å². The summed E-state index contributed by atoms with van der Waals surface area (Å²) in [5.41, 5.74) is 0.518. The van der Waals surface area contributed by atoms with E-state index in [-0.39, 0.29) is 24.5 Å². The minimum Gasteiger partial charge on any atom is -0.383 e. The molecule has 0 aliphatic carbocycles. The molecule has 1 atom stereocenters. The summed E-state index contributed by atoms with van der Waals surface area (Å²) in [6, 6.07) is 0. The van der Waals surface area contributed by atoms with Gasteiger partial charge < -0.3 is 19.7 Å². The minimum absolute atomic E-state index is 0.0397. The molecule has 0 radical (unpaired) electrons. The van der Waals surface area contributed by atoms with Crippen molar-refractivity contribution in [2.75, 3.05) is 40.0 Å². The van der Waals surface area contributed by atoms with E-state index in [2.05, 4.69) is 10.4 Å². The minimum atomic E-state index is -0.209. The Labute approximate surface area is 129 Å². The van der Waals surface area contributed by atoms with Crippen molar-refractivity contribution in [1.82, 2.24) is 20.0 Å². The maximum absolute atomic E-state index is 12.0. The van der Waals surface area contributed by atoms with Crippen molar-refractivity contribution in [3.05, 3.63) is 18.0 Å². The molecule has 22 heavy (non-hydrogen) atoms. The number of nitrogens with zero attached hydrogens (tertiary/aromatic N) is 3. The van der Waals surface area contributed by atoms with Crippen LogP contribution in [0.5, 0.6) is 0 Å². The Morgan fingerprint density at radius 1 is 1.59 bits per heavy atom. The van der Waals surface area contributed by atoms with Gasteiger partial charge in [-0.05, 0) is 6.92 Å². The van der Waals surface area contributed by atoms with Crippen molar-refractivity contribution >= 4 is 11.8 Å². The molecule has 0 aromatic carbocycles. The number of hydrogen-bond donors (Lipinski definition) is 1. The molecule has 2 heterocycles. The van der Waals surface area contributed by atoms with Crippen LogP contribution in [0.3, 0.4) is 0 Å². The number of hydrogen-bond acceptors (Lipinski definition) is 5. The fourth-order valence-electron chi connectivity index (χ4n) is 2.18. The van der Waals surface area contributed by atoms with Crippen LogP contribution in [0.25, 0.3) is 0 Å². The third-order valence-electron chi connectivity index (χ3n) is 3.49. The molecule has 1 saturated heterocycles. The Kier molecular flexibility index (Phi) is 5.91. The molecule has 1 unspecified atom stereocenters. The molecule has 0 bridgehead atoms. The van der Waals surface area contributed by atoms with Gasteiger partial charge in [0.1, 0.15) is 6.61 Å². The Hall–Kier alpha value is -1.93. The Balaban J connectivity index is 1.80. The Bertz CT molecular complexity index is 517. The first-order valence-electron chi connectivity index (χ1n) is 7.33. The number of aromatic nitrogens is 2. The van der Waals surface area contributed by atoms with Gasteiger partial charge in [-0.15, -0.1) is 0 Å². The highest BCUT2D eigenvalue weighted by Crippen LogP contribution is 2.06. The summed E-state index contributed by atoms with van der Waals surface area (Å²) in [6.45, 7) is 4.54. The second kappa shape index (κ2) is 7.90. The molecule has 1 aliphatic rings. The van der Waals surface area contributed by atoms with Gasteiger partial charge in [0, 0.05) is 39.5 Å². The van der Waals surface area contributed by atoms with Crippen LogP contribution in [0.2, 0.25) is 0 Å². The predicted molar refractivity (Wildman–Crippen MR) is 78.4 cm³/mol. The molecule has 0 spiro atoms. The lowest BCUT2D eigenvalue weighted by Gasteiger charge is -2.32. The highest BCUT2D eigenvalue weighted by molar-refractivity contribution is 5.93. The molecule has 1 aromatic heterocycles. The zero-order valence-electron chi connectivity index (χ0n) is 12.9. The highest BCUT2D eigenvalue weighted by Gasteiger charge is 2.26. The van der Waals surface area contributed by atoms with Crippen LogP contribution in [-0.2, 0) is 20.8 Å². The van der Waals surface area contributed by atoms with Crippen molar-refractivity contribution in [3.8, 4) is 0 Å². The molecule has 122 valence electrons. The number of methoxy groups -OCH3 is 1. The van der Waals surface area contributed by atoms with Gasteiger partial charge in [0.2, 0.25) is 5.91 Å². The smallest absolute Gasteiger partial charge is 0.254 e. The van der Waals surface area contributed by atoms with Gasteiger partial charge in [0.25, 0.3) is 5.91 Å². The standard InChI is InChI=1S/C14H22N4O4/c1-3-18-8-11(6-16-18)14(20)15-7-12-9-17(4-5-21-2)13(19)10-22-12/h6,8,12H,3-5,7,9-10H2,1-2H3,(H,15,20). The first-order chi connectivity index (χ1) is 10.6. The van der Waals surface area contributed by atoms with E-state index < -0.39 is 0 Å². The second-order valence-corrected chi connectivity index (χ2v) is 5.06. The summed E-state index contributed by atoms with van der Waals surface area (Å²) >= 11 is 0. The first kappa shape index (κ1) is 16.4. The molecular formula is C14H22N4O4. The molecule has 2 rings (SSSR count). The lowest BCUT2D eigenvalue weighted by Crippen LogP contribution is -2.51. The van der Waals surface area contributed by atoms with Gasteiger partial charge in [-0.25, -0.2) is 0 Å². The van der Waals surface area contributed by atoms with Crippen molar-refractivity contribution in [2.45, 2.75) is 19.6 Å². The molecule has 1 fully saturated rings. The van der Waals surface area contributed by atoms with E-state index in [0.29, 0.717) is 31.8 Å². The summed E-state index contributed by atoms with van der Waals surface area (Å²) < 4.78 is 12.1. The summed E-state index contributed by atoms with van der Waals surface area (Å²) in [5.74, 6) is -0.243. The second-order valence-electron chi connectivity index (χ2n) is 5.06. The number of aryl methyl sites for hydroxylation is 1. The van der Waals surface area contributed by atoms with E-state index in [1.807, 2.05) is 6.92 Å². The number of nitrogens with one attached hydrogen (secondary N) is 1. The molecule has 2 amide bonds. The highest BCUT2D eigenvalue weighted by atomic mass is 16.5. The van der Waals surface area contributed by atoms with E-state index in [1.54, 1.807) is 22.9 Å². The average Bonchev–Trinajstić information content (AvgIpc) is 3.01. The molecule has 1 aliphatic heterocycles. The fraction of sp³-hybridized carbons (Fsp3) is 0.643. The first-order valence-corrected chi connectivity index (χ1v) is 7.33. The normalized spacial score (nSPS) is 18.5. The zero-order chi connectivity index (χ0) is 15.9. The van der Waals surface area contributed by atoms with Gasteiger partial charge in [-0.2, -0.15) is 5.10 Å². The maximum Gasteiger partial charge on any atom is 0.254 e. The molecule has 0 saturated carbocycles. The summed E-state index contributed by atoms with van der Waals surface area (Å²) in [6.07, 6.45) is 3.03. The quantitative estimate of drug-likeness (QED) is 0.734. The van der Waals surface area contributed by atoms with Gasteiger partial charge >= 0.3 is 0 Å². The van der Waals surface area contributed by atoms with Gasteiger partial charge in [-0.3, -0.25) is 14.3 Å². The average molecular weight is 310 g/mol. The topological polar surface area (TPSA) is 85.7 Å². The van der Waals surface area contributed by atoms with Gasteiger partial charge in [-0.1, -0.05) is 0 Å². The van der Waals surface area contributed by atoms with E-state index in [0.717, 1.165) is 6.54 Å².